The number of carbonyl (C=O) groups is 2. The van der Waals surface area contributed by atoms with Crippen LogP contribution in [0.15, 0.2) is 66.7 Å². The van der Waals surface area contributed by atoms with Crippen LogP contribution in [0.5, 0.6) is 5.75 Å². The Labute approximate surface area is 183 Å². The normalized spacial score (nSPS) is 24.7. The van der Waals surface area contributed by atoms with Gasteiger partial charge in [-0.25, -0.2) is 4.90 Å². The molecule has 0 aromatic heterocycles. The predicted molar refractivity (Wildman–Crippen MR) is 116 cm³/mol. The minimum absolute atomic E-state index is 0.127. The van der Waals surface area contributed by atoms with Gasteiger partial charge < -0.3 is 4.74 Å². The predicted octanol–water partition coefficient (Wildman–Crippen LogP) is 4.00. The molecule has 3 aliphatic carbocycles. The van der Waals surface area contributed by atoms with E-state index < -0.39 is 16.8 Å². The van der Waals surface area contributed by atoms with Crippen molar-refractivity contribution < 1.29 is 19.2 Å². The number of nitro groups is 1. The Hall–Kier alpha value is -4.00. The fourth-order valence-corrected chi connectivity index (χ4v) is 5.88. The van der Waals surface area contributed by atoms with Crippen LogP contribution >= 0.6 is 0 Å². The molecule has 7 nitrogen and oxygen atoms in total. The second-order valence-electron chi connectivity index (χ2n) is 8.39. The number of imide groups is 1. The molecule has 32 heavy (non-hydrogen) atoms. The van der Waals surface area contributed by atoms with Crippen LogP contribution in [0.2, 0.25) is 0 Å². The van der Waals surface area contributed by atoms with E-state index in [0.29, 0.717) is 0 Å². The van der Waals surface area contributed by atoms with Gasteiger partial charge in [0.2, 0.25) is 11.8 Å². The van der Waals surface area contributed by atoms with Gasteiger partial charge in [0.25, 0.3) is 5.69 Å². The van der Waals surface area contributed by atoms with Gasteiger partial charge in [-0.1, -0.05) is 48.5 Å². The Balaban J connectivity index is 1.53. The highest BCUT2D eigenvalue weighted by Crippen LogP contribution is 2.61. The van der Waals surface area contributed by atoms with Crippen molar-refractivity contribution in [2.45, 2.75) is 11.8 Å². The van der Waals surface area contributed by atoms with Crippen LogP contribution in [0.3, 0.4) is 0 Å². The standard InChI is InChI=1S/C25H18N2O5/c1-32-19-12-13(27(30)31)10-11-18(19)26-24(28)22-20-14-6-2-3-7-15(14)21(23(22)25(26)29)17-9-5-4-8-16(17)20/h2-12,20-23H,1H3/t20?,21?,22-,23-/m1/s1. The SMILES string of the molecule is COc1cc([N+](=O)[O-])ccc1N1C(=O)[C@@H]2C3c4ccccc4C(c4ccccc43)[C@H]2C1=O. The molecular formula is C25H18N2O5. The molecule has 0 unspecified atom stereocenters. The number of nitro benzene ring substituents is 1. The number of amides is 2. The summed E-state index contributed by atoms with van der Waals surface area (Å²) in [5.74, 6) is -1.89. The summed E-state index contributed by atoms with van der Waals surface area (Å²) in [5, 5.41) is 11.2. The van der Waals surface area contributed by atoms with E-state index in [1.807, 2.05) is 48.5 Å². The van der Waals surface area contributed by atoms with Gasteiger partial charge in [0, 0.05) is 17.9 Å². The first-order chi connectivity index (χ1) is 15.5. The quantitative estimate of drug-likeness (QED) is 0.359. The summed E-state index contributed by atoms with van der Waals surface area (Å²) >= 11 is 0. The fourth-order valence-electron chi connectivity index (χ4n) is 5.88. The highest BCUT2D eigenvalue weighted by atomic mass is 16.6. The van der Waals surface area contributed by atoms with Crippen LogP contribution in [0.4, 0.5) is 11.4 Å². The lowest BCUT2D eigenvalue weighted by Gasteiger charge is -2.45. The van der Waals surface area contributed by atoms with E-state index in [0.717, 1.165) is 22.3 Å². The van der Waals surface area contributed by atoms with E-state index in [2.05, 4.69) is 0 Å². The van der Waals surface area contributed by atoms with Gasteiger partial charge in [-0.3, -0.25) is 19.7 Å². The number of ether oxygens (including phenoxy) is 1. The second-order valence-corrected chi connectivity index (χ2v) is 8.39. The smallest absolute Gasteiger partial charge is 0.273 e. The van der Waals surface area contributed by atoms with E-state index in [9.17, 15) is 19.7 Å². The lowest BCUT2D eigenvalue weighted by molar-refractivity contribution is -0.384. The number of nitrogens with zero attached hydrogens (tertiary/aromatic N) is 2. The molecule has 1 aliphatic heterocycles. The highest BCUT2D eigenvalue weighted by molar-refractivity contribution is 6.24. The van der Waals surface area contributed by atoms with Crippen molar-refractivity contribution >= 4 is 23.2 Å². The van der Waals surface area contributed by atoms with E-state index >= 15 is 0 Å². The Morgan fingerprint density at radius 1 is 0.812 bits per heavy atom. The fraction of sp³-hybridized carbons (Fsp3) is 0.200. The third-order valence-electron chi connectivity index (χ3n) is 7.06. The Bertz CT molecular complexity index is 1220. The Morgan fingerprint density at radius 2 is 1.28 bits per heavy atom. The minimum Gasteiger partial charge on any atom is -0.494 e. The van der Waals surface area contributed by atoms with Crippen LogP contribution in [-0.4, -0.2) is 23.8 Å². The van der Waals surface area contributed by atoms with Gasteiger partial charge >= 0.3 is 0 Å². The number of hydrogen-bond acceptors (Lipinski definition) is 5. The van der Waals surface area contributed by atoms with E-state index in [-0.39, 0.29) is 40.8 Å². The van der Waals surface area contributed by atoms with Gasteiger partial charge in [-0.15, -0.1) is 0 Å². The van der Waals surface area contributed by atoms with Crippen molar-refractivity contribution in [2.75, 3.05) is 12.0 Å². The van der Waals surface area contributed by atoms with Gasteiger partial charge in [0.1, 0.15) is 5.75 Å². The van der Waals surface area contributed by atoms with Crippen molar-refractivity contribution in [2.24, 2.45) is 11.8 Å². The highest BCUT2D eigenvalue weighted by Gasteiger charge is 2.62. The number of benzene rings is 3. The van der Waals surface area contributed by atoms with Gasteiger partial charge in [-0.2, -0.15) is 0 Å². The molecule has 0 N–H and O–H groups in total. The number of hydrogen-bond donors (Lipinski definition) is 0. The number of anilines is 1. The maximum Gasteiger partial charge on any atom is 0.273 e. The topological polar surface area (TPSA) is 89.8 Å². The van der Waals surface area contributed by atoms with Crippen molar-refractivity contribution in [3.8, 4) is 5.75 Å². The Kier molecular flexibility index (Phi) is 3.81. The number of rotatable bonds is 3. The molecule has 3 aromatic rings. The van der Waals surface area contributed by atoms with E-state index in [4.69, 9.17) is 4.74 Å². The van der Waals surface area contributed by atoms with Gasteiger partial charge in [0.15, 0.2) is 0 Å². The largest absolute Gasteiger partial charge is 0.494 e. The first-order valence-electron chi connectivity index (χ1n) is 10.4. The summed E-state index contributed by atoms with van der Waals surface area (Å²) in [4.78, 5) is 39.4. The molecule has 2 bridgehead atoms. The monoisotopic (exact) mass is 426 g/mol. The average molecular weight is 426 g/mol. The van der Waals surface area contributed by atoms with Crippen LogP contribution in [0, 0.1) is 22.0 Å². The molecule has 0 radical (unpaired) electrons. The molecule has 2 atom stereocenters. The van der Waals surface area contributed by atoms with Crippen LogP contribution in [0.25, 0.3) is 0 Å². The lowest BCUT2D eigenvalue weighted by Crippen LogP contribution is -2.41. The zero-order chi connectivity index (χ0) is 22.1. The Morgan fingerprint density at radius 3 is 1.69 bits per heavy atom. The van der Waals surface area contributed by atoms with E-state index in [1.54, 1.807) is 0 Å². The lowest BCUT2D eigenvalue weighted by atomic mass is 9.55. The van der Waals surface area contributed by atoms with Crippen molar-refractivity contribution in [1.82, 2.24) is 0 Å². The number of non-ortho nitro benzene ring substituents is 1. The molecular weight excluding hydrogens is 408 g/mol. The molecule has 2 amide bonds. The summed E-state index contributed by atoms with van der Waals surface area (Å²) < 4.78 is 5.34. The first-order valence-corrected chi connectivity index (χ1v) is 10.4. The zero-order valence-corrected chi connectivity index (χ0v) is 17.1. The van der Waals surface area contributed by atoms with Crippen molar-refractivity contribution in [1.29, 1.82) is 0 Å². The molecule has 1 heterocycles. The number of carbonyl (C=O) groups excluding carboxylic acids is 2. The summed E-state index contributed by atoms with van der Waals surface area (Å²) in [6.45, 7) is 0. The summed E-state index contributed by atoms with van der Waals surface area (Å²) in [6.07, 6.45) is 0. The molecule has 7 heteroatoms. The molecule has 4 aliphatic rings. The average Bonchev–Trinajstić information content (AvgIpc) is 3.09. The van der Waals surface area contributed by atoms with Crippen LogP contribution in [-0.2, 0) is 9.59 Å². The van der Waals surface area contributed by atoms with Crippen LogP contribution < -0.4 is 9.64 Å². The third-order valence-corrected chi connectivity index (χ3v) is 7.06. The molecule has 1 saturated heterocycles. The summed E-state index contributed by atoms with van der Waals surface area (Å²) in [6, 6.07) is 20.0. The first kappa shape index (κ1) is 18.7. The molecule has 7 rings (SSSR count). The van der Waals surface area contributed by atoms with Gasteiger partial charge in [0.05, 0.1) is 35.6 Å². The number of methoxy groups -OCH3 is 1. The third kappa shape index (κ3) is 2.25. The maximum absolute atomic E-state index is 13.8. The van der Waals surface area contributed by atoms with Crippen LogP contribution in [0.1, 0.15) is 34.1 Å². The molecule has 0 saturated carbocycles. The van der Waals surface area contributed by atoms with Gasteiger partial charge in [-0.05, 0) is 28.3 Å². The summed E-state index contributed by atoms with van der Waals surface area (Å²) in [7, 11) is 1.37. The molecule has 0 spiro atoms. The second kappa shape index (κ2) is 6.50. The summed E-state index contributed by atoms with van der Waals surface area (Å²) in [5.41, 5.74) is 4.46. The van der Waals surface area contributed by atoms with E-state index in [1.165, 1.54) is 30.2 Å². The minimum atomic E-state index is -0.535. The maximum atomic E-state index is 13.8. The molecule has 158 valence electrons. The molecule has 1 fully saturated rings. The van der Waals surface area contributed by atoms with Crippen molar-refractivity contribution in [3.63, 3.8) is 0 Å². The van der Waals surface area contributed by atoms with Crippen molar-refractivity contribution in [3.05, 3.63) is 99.1 Å². The molecule has 3 aromatic carbocycles. The zero-order valence-electron chi connectivity index (χ0n) is 17.1.